The van der Waals surface area contributed by atoms with E-state index < -0.39 is 0 Å². The van der Waals surface area contributed by atoms with E-state index >= 15 is 0 Å². The molecule has 8 heteroatoms. The van der Waals surface area contributed by atoms with E-state index in [1.165, 1.54) is 0 Å². The zero-order valence-corrected chi connectivity index (χ0v) is 18.5. The van der Waals surface area contributed by atoms with E-state index in [-0.39, 0.29) is 17.7 Å². The summed E-state index contributed by atoms with van der Waals surface area (Å²) in [4.78, 5) is 39.2. The molecule has 4 rings (SSSR count). The summed E-state index contributed by atoms with van der Waals surface area (Å²) in [7, 11) is 1.78. The van der Waals surface area contributed by atoms with Gasteiger partial charge in [-0.3, -0.25) is 19.1 Å². The van der Waals surface area contributed by atoms with Gasteiger partial charge in [-0.15, -0.1) is 0 Å². The second-order valence-corrected chi connectivity index (χ2v) is 8.25. The van der Waals surface area contributed by atoms with Crippen LogP contribution < -0.4 is 10.6 Å². The van der Waals surface area contributed by atoms with Gasteiger partial charge in [-0.1, -0.05) is 18.2 Å². The molecular weight excluding hydrogens is 418 g/mol. The van der Waals surface area contributed by atoms with Crippen LogP contribution in [-0.2, 0) is 7.05 Å². The van der Waals surface area contributed by atoms with Crippen LogP contribution in [0.25, 0.3) is 0 Å². The molecule has 2 heterocycles. The van der Waals surface area contributed by atoms with Crippen LogP contribution in [0.15, 0.2) is 67.0 Å². The smallest absolute Gasteiger partial charge is 0.255 e. The normalized spacial score (nSPS) is 14.0. The van der Waals surface area contributed by atoms with Gasteiger partial charge in [0, 0.05) is 49.7 Å². The number of likely N-dealkylation sites (tertiary alicyclic amines) is 1. The highest BCUT2D eigenvalue weighted by molar-refractivity contribution is 6.04. The number of hydrogen-bond donors (Lipinski definition) is 2. The third-order valence-corrected chi connectivity index (χ3v) is 5.85. The zero-order chi connectivity index (χ0) is 23.2. The van der Waals surface area contributed by atoms with Gasteiger partial charge in [0.2, 0.25) is 0 Å². The predicted molar refractivity (Wildman–Crippen MR) is 125 cm³/mol. The quantitative estimate of drug-likeness (QED) is 0.610. The summed E-state index contributed by atoms with van der Waals surface area (Å²) >= 11 is 0. The van der Waals surface area contributed by atoms with Gasteiger partial charge in [-0.25, -0.2) is 0 Å². The Labute approximate surface area is 192 Å². The highest BCUT2D eigenvalue weighted by Gasteiger charge is 2.24. The molecule has 0 radical (unpaired) electrons. The molecule has 3 amide bonds. The summed E-state index contributed by atoms with van der Waals surface area (Å²) in [5.74, 6) is 0.00689. The SMILES string of the molecule is Cn1cc(C(=O)NCC2CCN(C(=O)c3ccc(NC(=O)c4ccccc4)cc3)CC2)cn1. The number of carbonyl (C=O) groups excluding carboxylic acids is 3. The monoisotopic (exact) mass is 445 g/mol. The fourth-order valence-electron chi connectivity index (χ4n) is 3.89. The number of benzene rings is 2. The molecule has 0 bridgehead atoms. The summed E-state index contributed by atoms with van der Waals surface area (Å²) in [6.45, 7) is 1.89. The molecule has 0 saturated carbocycles. The fourth-order valence-corrected chi connectivity index (χ4v) is 3.89. The highest BCUT2D eigenvalue weighted by Crippen LogP contribution is 2.20. The maximum Gasteiger partial charge on any atom is 0.255 e. The second-order valence-electron chi connectivity index (χ2n) is 8.25. The molecule has 0 atom stereocenters. The summed E-state index contributed by atoms with van der Waals surface area (Å²) < 4.78 is 1.60. The van der Waals surface area contributed by atoms with Gasteiger partial charge < -0.3 is 15.5 Å². The van der Waals surface area contributed by atoms with Gasteiger partial charge in [-0.2, -0.15) is 5.10 Å². The number of aryl methyl sites for hydroxylation is 1. The number of hydrogen-bond acceptors (Lipinski definition) is 4. The van der Waals surface area contributed by atoms with Crippen molar-refractivity contribution in [2.45, 2.75) is 12.8 Å². The van der Waals surface area contributed by atoms with Crippen molar-refractivity contribution in [2.24, 2.45) is 13.0 Å². The van der Waals surface area contributed by atoms with E-state index in [0.29, 0.717) is 47.9 Å². The van der Waals surface area contributed by atoms with E-state index in [9.17, 15) is 14.4 Å². The second kappa shape index (κ2) is 10.1. The molecule has 170 valence electrons. The number of rotatable bonds is 6. The topological polar surface area (TPSA) is 96.3 Å². The Hall–Kier alpha value is -3.94. The number of amides is 3. The fraction of sp³-hybridized carbons (Fsp3) is 0.280. The van der Waals surface area contributed by atoms with Crippen LogP contribution >= 0.6 is 0 Å². The van der Waals surface area contributed by atoms with E-state index in [1.54, 1.807) is 60.5 Å². The first-order chi connectivity index (χ1) is 16.0. The largest absolute Gasteiger partial charge is 0.352 e. The summed E-state index contributed by atoms with van der Waals surface area (Å²) in [6, 6.07) is 16.0. The van der Waals surface area contributed by atoms with Gasteiger partial charge in [0.15, 0.2) is 0 Å². The Balaban J connectivity index is 1.24. The Morgan fingerprint density at radius 2 is 1.61 bits per heavy atom. The maximum atomic E-state index is 12.9. The minimum absolute atomic E-state index is 0.0196. The minimum Gasteiger partial charge on any atom is -0.352 e. The van der Waals surface area contributed by atoms with Crippen molar-refractivity contribution in [3.05, 3.63) is 83.7 Å². The Bertz CT molecular complexity index is 1120. The molecule has 8 nitrogen and oxygen atoms in total. The van der Waals surface area contributed by atoms with Crippen molar-refractivity contribution >= 4 is 23.4 Å². The number of carbonyl (C=O) groups is 3. The van der Waals surface area contributed by atoms with Crippen molar-refractivity contribution < 1.29 is 14.4 Å². The van der Waals surface area contributed by atoms with E-state index in [2.05, 4.69) is 15.7 Å². The molecule has 2 aromatic carbocycles. The predicted octanol–water partition coefficient (Wildman–Crippen LogP) is 2.95. The number of anilines is 1. The molecule has 1 aromatic heterocycles. The van der Waals surface area contributed by atoms with Crippen LogP contribution in [-0.4, -0.2) is 52.0 Å². The standard InChI is InChI=1S/C25H27N5O3/c1-29-17-21(16-27-29)23(31)26-15-18-11-13-30(14-12-18)25(33)20-7-9-22(10-8-20)28-24(32)19-5-3-2-4-6-19/h2-10,16-18H,11-15H2,1H3,(H,26,31)(H,28,32). The summed E-state index contributed by atoms with van der Waals surface area (Å²) in [6.07, 6.45) is 4.92. The van der Waals surface area contributed by atoms with Crippen LogP contribution in [0, 0.1) is 5.92 Å². The molecule has 0 spiro atoms. The van der Waals surface area contributed by atoms with Crippen LogP contribution in [0.3, 0.4) is 0 Å². The average Bonchev–Trinajstić information content (AvgIpc) is 3.30. The molecule has 1 aliphatic heterocycles. The van der Waals surface area contributed by atoms with Gasteiger partial charge in [0.1, 0.15) is 0 Å². The lowest BCUT2D eigenvalue weighted by Gasteiger charge is -2.32. The van der Waals surface area contributed by atoms with Crippen LogP contribution in [0.1, 0.15) is 43.9 Å². The van der Waals surface area contributed by atoms with Crippen LogP contribution in [0.2, 0.25) is 0 Å². The third-order valence-electron chi connectivity index (χ3n) is 5.85. The Morgan fingerprint density at radius 3 is 2.24 bits per heavy atom. The van der Waals surface area contributed by atoms with Crippen LogP contribution in [0.4, 0.5) is 5.69 Å². The molecule has 0 unspecified atom stereocenters. The highest BCUT2D eigenvalue weighted by atomic mass is 16.2. The molecule has 3 aromatic rings. The number of nitrogens with one attached hydrogen (secondary N) is 2. The molecule has 1 fully saturated rings. The number of nitrogens with zero attached hydrogens (tertiary/aromatic N) is 3. The lowest BCUT2D eigenvalue weighted by Crippen LogP contribution is -2.41. The molecule has 1 saturated heterocycles. The molecule has 2 N–H and O–H groups in total. The molecule has 1 aliphatic rings. The van der Waals surface area contributed by atoms with Crippen LogP contribution in [0.5, 0.6) is 0 Å². The number of aromatic nitrogens is 2. The first kappa shape index (κ1) is 22.3. The van der Waals surface area contributed by atoms with E-state index in [4.69, 9.17) is 0 Å². The van der Waals surface area contributed by atoms with Gasteiger partial charge in [0.05, 0.1) is 11.8 Å². The first-order valence-electron chi connectivity index (χ1n) is 11.0. The van der Waals surface area contributed by atoms with Crippen molar-refractivity contribution in [2.75, 3.05) is 25.0 Å². The average molecular weight is 446 g/mol. The third kappa shape index (κ3) is 5.65. The van der Waals surface area contributed by atoms with Crippen molar-refractivity contribution in [3.63, 3.8) is 0 Å². The van der Waals surface area contributed by atoms with Crippen molar-refractivity contribution in [1.82, 2.24) is 20.0 Å². The summed E-state index contributed by atoms with van der Waals surface area (Å²) in [5, 5.41) is 9.82. The molecule has 33 heavy (non-hydrogen) atoms. The Kier molecular flexibility index (Phi) is 6.83. The van der Waals surface area contributed by atoms with Gasteiger partial charge in [-0.05, 0) is 55.2 Å². The van der Waals surface area contributed by atoms with Gasteiger partial charge >= 0.3 is 0 Å². The molecular formula is C25H27N5O3. The van der Waals surface area contributed by atoms with E-state index in [0.717, 1.165) is 12.8 Å². The minimum atomic E-state index is -0.188. The molecule has 0 aliphatic carbocycles. The number of piperidine rings is 1. The van der Waals surface area contributed by atoms with Crippen molar-refractivity contribution in [3.8, 4) is 0 Å². The maximum absolute atomic E-state index is 12.9. The summed E-state index contributed by atoms with van der Waals surface area (Å²) in [5.41, 5.74) is 2.37. The lowest BCUT2D eigenvalue weighted by molar-refractivity contribution is 0.0684. The zero-order valence-electron chi connectivity index (χ0n) is 18.5. The lowest BCUT2D eigenvalue weighted by atomic mass is 9.96. The van der Waals surface area contributed by atoms with E-state index in [1.807, 2.05) is 23.1 Å². The van der Waals surface area contributed by atoms with Crippen molar-refractivity contribution in [1.29, 1.82) is 0 Å². The Morgan fingerprint density at radius 1 is 0.909 bits per heavy atom. The first-order valence-corrected chi connectivity index (χ1v) is 11.0. The van der Waals surface area contributed by atoms with Gasteiger partial charge in [0.25, 0.3) is 17.7 Å².